The Bertz CT molecular complexity index is 1690. The van der Waals surface area contributed by atoms with Crippen LogP contribution < -0.4 is 16.0 Å². The van der Waals surface area contributed by atoms with Crippen molar-refractivity contribution in [1.82, 2.24) is 20.4 Å². The third-order valence-corrected chi connectivity index (χ3v) is 8.15. The Hall–Kier alpha value is -3.84. The van der Waals surface area contributed by atoms with Gasteiger partial charge in [0.1, 0.15) is 11.9 Å². The maximum Gasteiger partial charge on any atom is 0.434 e. The predicted molar refractivity (Wildman–Crippen MR) is 145 cm³/mol. The predicted octanol–water partition coefficient (Wildman–Crippen LogP) is 4.46. The zero-order chi connectivity index (χ0) is 29.0. The first-order valence-electron chi connectivity index (χ1n) is 12.1. The van der Waals surface area contributed by atoms with Crippen molar-refractivity contribution in [3.05, 3.63) is 116 Å². The van der Waals surface area contributed by atoms with Crippen LogP contribution in [0.1, 0.15) is 57.4 Å². The highest BCUT2D eigenvalue weighted by Crippen LogP contribution is 2.35. The van der Waals surface area contributed by atoms with Gasteiger partial charge < -0.3 is 4.42 Å². The molecule has 1 amide bonds. The van der Waals surface area contributed by atoms with Crippen molar-refractivity contribution in [3.8, 4) is 0 Å². The van der Waals surface area contributed by atoms with Gasteiger partial charge in [-0.1, -0.05) is 54.9 Å². The number of nitrogens with zero attached hydrogens (tertiary/aromatic N) is 1. The van der Waals surface area contributed by atoms with E-state index in [2.05, 4.69) is 20.4 Å². The van der Waals surface area contributed by atoms with E-state index in [9.17, 15) is 22.4 Å². The van der Waals surface area contributed by atoms with Crippen molar-refractivity contribution in [3.63, 3.8) is 0 Å². The van der Waals surface area contributed by atoms with Crippen LogP contribution in [0.15, 0.2) is 74.8 Å². The summed E-state index contributed by atoms with van der Waals surface area (Å²) in [5.41, 5.74) is 4.28. The third-order valence-electron chi connectivity index (χ3n) is 6.41. The highest BCUT2D eigenvalue weighted by atomic mass is 35.5. The molecule has 4 aromatic rings. The van der Waals surface area contributed by atoms with Gasteiger partial charge in [-0.05, 0) is 60.4 Å². The molecule has 13 heteroatoms. The molecule has 40 heavy (non-hydrogen) atoms. The van der Waals surface area contributed by atoms with E-state index in [-0.39, 0.29) is 28.6 Å². The molecule has 0 saturated heterocycles. The van der Waals surface area contributed by atoms with Crippen LogP contribution in [0.2, 0.25) is 5.02 Å². The van der Waals surface area contributed by atoms with Crippen LogP contribution in [0.25, 0.3) is 0 Å². The zero-order valence-electron chi connectivity index (χ0n) is 21.7. The Morgan fingerprint density at radius 3 is 2.55 bits per heavy atom. The molecule has 1 aromatic heterocycles. The highest BCUT2D eigenvalue weighted by molar-refractivity contribution is 7.89. The van der Waals surface area contributed by atoms with Gasteiger partial charge in [0.15, 0.2) is 0 Å². The quantitative estimate of drug-likeness (QED) is 0.232. The normalized spacial score (nSPS) is 13.1. The van der Waals surface area contributed by atoms with Crippen LogP contribution in [0.4, 0.5) is 4.39 Å². The average Bonchev–Trinajstić information content (AvgIpc) is 3.35. The fourth-order valence-corrected chi connectivity index (χ4v) is 5.86. The summed E-state index contributed by atoms with van der Waals surface area (Å²) in [5.74, 6) is -3.56. The molecule has 3 N–H and O–H groups in total. The Labute approximate surface area is 234 Å². The second-order valence-corrected chi connectivity index (χ2v) is 11.2. The number of halogens is 2. The number of H-pyrrole nitrogens is 1. The summed E-state index contributed by atoms with van der Waals surface area (Å²) in [4.78, 5) is 29.6. The van der Waals surface area contributed by atoms with E-state index in [1.807, 2.05) is 6.07 Å². The fraction of sp³-hybridized carbons (Fsp3) is 0.222. The number of rotatable bonds is 10. The molecular formula is C27H26ClFN4O6S. The molecule has 0 saturated carbocycles. The van der Waals surface area contributed by atoms with E-state index in [1.54, 1.807) is 51.1 Å². The van der Waals surface area contributed by atoms with E-state index in [1.165, 1.54) is 18.2 Å². The molecule has 10 nitrogen and oxygen atoms in total. The topological polar surface area (TPSA) is 143 Å². The number of hydrogen-bond acceptors (Lipinski definition) is 7. The summed E-state index contributed by atoms with van der Waals surface area (Å²) in [6.45, 7) is 5.09. The molecule has 3 aromatic carbocycles. The summed E-state index contributed by atoms with van der Waals surface area (Å²) < 4.78 is 49.9. The van der Waals surface area contributed by atoms with E-state index in [0.29, 0.717) is 5.56 Å². The van der Waals surface area contributed by atoms with Gasteiger partial charge in [-0.2, -0.15) is 4.72 Å². The molecule has 0 bridgehead atoms. The first kappa shape index (κ1) is 29.2. The van der Waals surface area contributed by atoms with Crippen LogP contribution in [0.3, 0.4) is 0 Å². The number of carbonyl (C=O) groups is 1. The van der Waals surface area contributed by atoms with Crippen molar-refractivity contribution >= 4 is 27.5 Å². The summed E-state index contributed by atoms with van der Waals surface area (Å²) in [6, 6.07) is 14.2. The molecule has 210 valence electrons. The number of aromatic amines is 1. The summed E-state index contributed by atoms with van der Waals surface area (Å²) in [5, 5.41) is 5.99. The van der Waals surface area contributed by atoms with Gasteiger partial charge in [0.05, 0.1) is 17.1 Å². The number of sulfonamides is 1. The largest absolute Gasteiger partial charge is 0.434 e. The molecule has 2 unspecified atom stereocenters. The minimum absolute atomic E-state index is 0.0344. The van der Waals surface area contributed by atoms with Gasteiger partial charge in [0.25, 0.3) is 5.91 Å². The smallest absolute Gasteiger partial charge is 0.391 e. The van der Waals surface area contributed by atoms with E-state index in [0.717, 1.165) is 17.2 Å². The van der Waals surface area contributed by atoms with Crippen LogP contribution >= 0.6 is 11.6 Å². The second-order valence-electron chi connectivity index (χ2n) is 9.09. The summed E-state index contributed by atoms with van der Waals surface area (Å²) >= 11 is 6.08. The Morgan fingerprint density at radius 2 is 1.88 bits per heavy atom. The van der Waals surface area contributed by atoms with Crippen molar-refractivity contribution in [1.29, 1.82) is 0 Å². The summed E-state index contributed by atoms with van der Waals surface area (Å²) in [6.07, 6.45) is 0. The molecular weight excluding hydrogens is 563 g/mol. The van der Waals surface area contributed by atoms with Crippen LogP contribution in [0.5, 0.6) is 0 Å². The van der Waals surface area contributed by atoms with Crippen molar-refractivity contribution in [2.24, 2.45) is 0 Å². The van der Waals surface area contributed by atoms with Crippen molar-refractivity contribution in [2.45, 2.75) is 44.2 Å². The van der Waals surface area contributed by atoms with E-state index in [4.69, 9.17) is 20.9 Å². The molecule has 4 rings (SSSR count). The average molecular weight is 589 g/mol. The lowest BCUT2D eigenvalue weighted by Crippen LogP contribution is -2.34. The van der Waals surface area contributed by atoms with Gasteiger partial charge in [-0.15, -0.1) is 5.10 Å². The number of hydrogen-bond donors (Lipinski definition) is 3. The lowest BCUT2D eigenvalue weighted by molar-refractivity contribution is 0.0231. The van der Waals surface area contributed by atoms with Crippen LogP contribution in [-0.4, -0.2) is 24.5 Å². The van der Waals surface area contributed by atoms with Crippen LogP contribution in [0, 0.1) is 19.7 Å². The standard InChI is InChI=1S/C27H26ClFN4O6S/c1-15-9-11-21(29)23(16(15)2)17(3)24(26-30-31-27(35)39-26)33-40(36,37)22-12-10-19(28)13-20(22)25(34)32-38-14-18-7-5-4-6-8-18/h4-13,17,24,33H,14H2,1-3H3,(H,31,35)(H,32,34). The Morgan fingerprint density at radius 1 is 1.15 bits per heavy atom. The lowest BCUT2D eigenvalue weighted by atomic mass is 9.88. The number of amides is 1. The van der Waals surface area contributed by atoms with Crippen molar-refractivity contribution in [2.75, 3.05) is 0 Å². The maximum atomic E-state index is 15.0. The van der Waals surface area contributed by atoms with E-state index >= 15 is 0 Å². The van der Waals surface area contributed by atoms with Gasteiger partial charge in [-0.3, -0.25) is 9.63 Å². The number of aromatic nitrogens is 2. The van der Waals surface area contributed by atoms with Gasteiger partial charge >= 0.3 is 5.76 Å². The number of carbonyl (C=O) groups excluding carboxylic acids is 1. The molecule has 0 aliphatic carbocycles. The molecule has 0 fully saturated rings. The van der Waals surface area contributed by atoms with Gasteiger partial charge in [0, 0.05) is 10.9 Å². The Kier molecular flexibility index (Phi) is 8.84. The monoisotopic (exact) mass is 588 g/mol. The molecule has 0 radical (unpaired) electrons. The fourth-order valence-electron chi connectivity index (χ4n) is 4.23. The van der Waals surface area contributed by atoms with Crippen molar-refractivity contribution < 1.29 is 26.9 Å². The SMILES string of the molecule is Cc1ccc(F)c(C(C)C(NS(=O)(=O)c2ccc(Cl)cc2C(=O)NOCc2ccccc2)c2n[nH]c(=O)o2)c1C. The molecule has 0 aliphatic rings. The van der Waals surface area contributed by atoms with Crippen LogP contribution in [-0.2, 0) is 21.5 Å². The number of benzene rings is 3. The number of hydroxylamine groups is 1. The molecule has 2 atom stereocenters. The summed E-state index contributed by atoms with van der Waals surface area (Å²) in [7, 11) is -4.52. The molecule has 1 heterocycles. The molecule has 0 aliphatic heterocycles. The third kappa shape index (κ3) is 6.48. The maximum absolute atomic E-state index is 15.0. The highest BCUT2D eigenvalue weighted by Gasteiger charge is 2.35. The number of aryl methyl sites for hydroxylation is 1. The Balaban J connectivity index is 1.67. The minimum atomic E-state index is -4.52. The zero-order valence-corrected chi connectivity index (χ0v) is 23.3. The van der Waals surface area contributed by atoms with E-state index < -0.39 is 44.4 Å². The first-order valence-corrected chi connectivity index (χ1v) is 13.9. The lowest BCUT2D eigenvalue weighted by Gasteiger charge is -2.25. The second kappa shape index (κ2) is 12.1. The molecule has 0 spiro atoms. The number of nitrogens with one attached hydrogen (secondary N) is 3. The van der Waals surface area contributed by atoms with Gasteiger partial charge in [-0.25, -0.2) is 28.2 Å². The minimum Gasteiger partial charge on any atom is -0.391 e. The van der Waals surface area contributed by atoms with Gasteiger partial charge in [0.2, 0.25) is 15.9 Å². The first-order chi connectivity index (χ1) is 19.0.